The van der Waals surface area contributed by atoms with Gasteiger partial charge in [0, 0.05) is 13.5 Å². The molecule has 0 atom stereocenters. The lowest BCUT2D eigenvalue weighted by molar-refractivity contribution is -0.143. The fourth-order valence-corrected chi connectivity index (χ4v) is 1.06. The highest BCUT2D eigenvalue weighted by molar-refractivity contribution is 5.13. The molecular weight excluding hydrogens is 183 g/mol. The van der Waals surface area contributed by atoms with Crippen LogP contribution < -0.4 is 5.73 Å². The summed E-state index contributed by atoms with van der Waals surface area (Å²) in [7, 11) is 1.27. The van der Waals surface area contributed by atoms with E-state index in [9.17, 15) is 13.2 Å². The standard InChI is InChI=1S/C7H10F3N3/c1-13-6(7(8,9)10)4-5(12-13)2-3-11/h4H,2-3,11H2,1H3. The van der Waals surface area contributed by atoms with E-state index >= 15 is 0 Å². The number of nitrogens with zero attached hydrogens (tertiary/aromatic N) is 2. The predicted molar refractivity (Wildman–Crippen MR) is 41.0 cm³/mol. The number of hydrogen-bond donors (Lipinski definition) is 1. The fraction of sp³-hybridized carbons (Fsp3) is 0.571. The zero-order chi connectivity index (χ0) is 10.1. The highest BCUT2D eigenvalue weighted by atomic mass is 19.4. The lowest BCUT2D eigenvalue weighted by Gasteiger charge is -2.04. The van der Waals surface area contributed by atoms with Gasteiger partial charge in [-0.1, -0.05) is 0 Å². The van der Waals surface area contributed by atoms with E-state index in [1.165, 1.54) is 7.05 Å². The first-order valence-electron chi connectivity index (χ1n) is 3.75. The second-order valence-electron chi connectivity index (χ2n) is 2.68. The molecule has 0 aliphatic carbocycles. The Hall–Kier alpha value is -1.04. The molecule has 0 amide bonds. The molecule has 1 aromatic rings. The molecule has 74 valence electrons. The van der Waals surface area contributed by atoms with E-state index in [2.05, 4.69) is 5.10 Å². The average Bonchev–Trinajstić information content (AvgIpc) is 2.30. The van der Waals surface area contributed by atoms with Crippen molar-refractivity contribution in [3.05, 3.63) is 17.5 Å². The first-order valence-corrected chi connectivity index (χ1v) is 3.75. The van der Waals surface area contributed by atoms with Gasteiger partial charge in [0.1, 0.15) is 5.69 Å². The first kappa shape index (κ1) is 10.0. The number of aromatic nitrogens is 2. The molecule has 0 spiro atoms. The van der Waals surface area contributed by atoms with Crippen molar-refractivity contribution in [3.63, 3.8) is 0 Å². The molecule has 1 rings (SSSR count). The van der Waals surface area contributed by atoms with Crippen LogP contribution in [0.1, 0.15) is 11.4 Å². The Morgan fingerprint density at radius 1 is 1.54 bits per heavy atom. The summed E-state index contributed by atoms with van der Waals surface area (Å²) in [4.78, 5) is 0. The number of nitrogens with two attached hydrogens (primary N) is 1. The van der Waals surface area contributed by atoms with E-state index in [1.807, 2.05) is 0 Å². The molecule has 0 fully saturated rings. The Bertz CT molecular complexity index is 290. The Morgan fingerprint density at radius 2 is 2.15 bits per heavy atom. The highest BCUT2D eigenvalue weighted by Crippen LogP contribution is 2.29. The number of aryl methyl sites for hydroxylation is 1. The van der Waals surface area contributed by atoms with Gasteiger partial charge in [-0.2, -0.15) is 18.3 Å². The normalized spacial score (nSPS) is 12.1. The summed E-state index contributed by atoms with van der Waals surface area (Å²) in [6.07, 6.45) is -3.97. The lowest BCUT2D eigenvalue weighted by Crippen LogP contribution is -2.11. The summed E-state index contributed by atoms with van der Waals surface area (Å²) in [5.41, 5.74) is 4.83. The summed E-state index contributed by atoms with van der Waals surface area (Å²) in [6.45, 7) is 0.300. The van der Waals surface area contributed by atoms with Crippen molar-refractivity contribution >= 4 is 0 Å². The van der Waals surface area contributed by atoms with E-state index in [1.54, 1.807) is 0 Å². The van der Waals surface area contributed by atoms with Crippen molar-refractivity contribution in [2.75, 3.05) is 6.54 Å². The minimum absolute atomic E-state index is 0.300. The molecule has 0 saturated carbocycles. The molecule has 2 N–H and O–H groups in total. The van der Waals surface area contributed by atoms with Gasteiger partial charge in [0.15, 0.2) is 0 Å². The van der Waals surface area contributed by atoms with Crippen molar-refractivity contribution in [2.24, 2.45) is 12.8 Å². The van der Waals surface area contributed by atoms with Crippen LogP contribution in [0.25, 0.3) is 0 Å². The number of hydrogen-bond acceptors (Lipinski definition) is 2. The van der Waals surface area contributed by atoms with E-state index in [0.29, 0.717) is 18.7 Å². The minimum atomic E-state index is -4.34. The van der Waals surface area contributed by atoms with Gasteiger partial charge in [0.05, 0.1) is 5.69 Å². The Balaban J connectivity index is 2.96. The second kappa shape index (κ2) is 3.37. The maximum absolute atomic E-state index is 12.2. The molecule has 0 saturated heterocycles. The number of halogens is 3. The van der Waals surface area contributed by atoms with Gasteiger partial charge < -0.3 is 5.73 Å². The van der Waals surface area contributed by atoms with Crippen LogP contribution in [0, 0.1) is 0 Å². The van der Waals surface area contributed by atoms with E-state index in [-0.39, 0.29) is 0 Å². The van der Waals surface area contributed by atoms with Crippen LogP contribution in [0.4, 0.5) is 13.2 Å². The maximum atomic E-state index is 12.2. The Labute approximate surface area is 73.3 Å². The minimum Gasteiger partial charge on any atom is -0.330 e. The summed E-state index contributed by atoms with van der Waals surface area (Å²) in [6, 6.07) is 1.02. The van der Waals surface area contributed by atoms with Crippen molar-refractivity contribution in [1.82, 2.24) is 9.78 Å². The van der Waals surface area contributed by atoms with E-state index in [4.69, 9.17) is 5.73 Å². The highest BCUT2D eigenvalue weighted by Gasteiger charge is 2.34. The van der Waals surface area contributed by atoms with Crippen LogP contribution in [-0.2, 0) is 19.6 Å². The molecule has 0 unspecified atom stereocenters. The predicted octanol–water partition coefficient (Wildman–Crippen LogP) is 0.940. The monoisotopic (exact) mass is 193 g/mol. The third-order valence-corrected chi connectivity index (χ3v) is 1.62. The summed E-state index contributed by atoms with van der Waals surface area (Å²) in [5, 5.41) is 3.68. The molecule has 0 aliphatic heterocycles. The van der Waals surface area contributed by atoms with Crippen molar-refractivity contribution < 1.29 is 13.2 Å². The summed E-state index contributed by atoms with van der Waals surface area (Å²) >= 11 is 0. The van der Waals surface area contributed by atoms with Crippen LogP contribution >= 0.6 is 0 Å². The van der Waals surface area contributed by atoms with Crippen LogP contribution in [0.2, 0.25) is 0 Å². The Kier molecular flexibility index (Phi) is 2.60. The van der Waals surface area contributed by atoms with E-state index < -0.39 is 11.9 Å². The van der Waals surface area contributed by atoms with Gasteiger partial charge in [-0.25, -0.2) is 0 Å². The van der Waals surface area contributed by atoms with Crippen molar-refractivity contribution in [1.29, 1.82) is 0 Å². The molecule has 6 heteroatoms. The van der Waals surface area contributed by atoms with Gasteiger partial charge in [-0.15, -0.1) is 0 Å². The molecule has 0 radical (unpaired) electrons. The van der Waals surface area contributed by atoms with Crippen LogP contribution in [-0.4, -0.2) is 16.3 Å². The molecule has 3 nitrogen and oxygen atoms in total. The first-order chi connectivity index (χ1) is 5.95. The van der Waals surface area contributed by atoms with Gasteiger partial charge in [0.25, 0.3) is 0 Å². The largest absolute Gasteiger partial charge is 0.433 e. The smallest absolute Gasteiger partial charge is 0.330 e. The van der Waals surface area contributed by atoms with Gasteiger partial charge >= 0.3 is 6.18 Å². The number of rotatable bonds is 2. The van der Waals surface area contributed by atoms with Gasteiger partial charge in [-0.05, 0) is 12.6 Å². The van der Waals surface area contributed by atoms with Crippen molar-refractivity contribution in [2.45, 2.75) is 12.6 Å². The fourth-order valence-electron chi connectivity index (χ4n) is 1.06. The third-order valence-electron chi connectivity index (χ3n) is 1.62. The van der Waals surface area contributed by atoms with Crippen LogP contribution in [0.3, 0.4) is 0 Å². The third kappa shape index (κ3) is 2.21. The topological polar surface area (TPSA) is 43.8 Å². The van der Waals surface area contributed by atoms with Crippen LogP contribution in [0.5, 0.6) is 0 Å². The molecule has 1 heterocycles. The molecule has 13 heavy (non-hydrogen) atoms. The molecule has 0 aliphatic rings. The SMILES string of the molecule is Cn1nc(CCN)cc1C(F)(F)F. The summed E-state index contributed by atoms with van der Waals surface area (Å²) in [5.74, 6) is 0. The molecular formula is C7H10F3N3. The Morgan fingerprint density at radius 3 is 2.54 bits per heavy atom. The lowest BCUT2D eigenvalue weighted by atomic mass is 10.3. The maximum Gasteiger partial charge on any atom is 0.433 e. The summed E-state index contributed by atoms with van der Waals surface area (Å²) < 4.78 is 37.5. The van der Waals surface area contributed by atoms with Gasteiger partial charge in [-0.3, -0.25) is 4.68 Å². The zero-order valence-corrected chi connectivity index (χ0v) is 7.10. The van der Waals surface area contributed by atoms with Crippen LogP contribution in [0.15, 0.2) is 6.07 Å². The quantitative estimate of drug-likeness (QED) is 0.759. The zero-order valence-electron chi connectivity index (χ0n) is 7.10. The van der Waals surface area contributed by atoms with E-state index in [0.717, 1.165) is 10.7 Å². The molecule has 1 aromatic heterocycles. The van der Waals surface area contributed by atoms with Crippen molar-refractivity contribution in [3.8, 4) is 0 Å². The number of alkyl halides is 3. The molecule has 0 aromatic carbocycles. The molecule has 0 bridgehead atoms. The van der Waals surface area contributed by atoms with Gasteiger partial charge in [0.2, 0.25) is 0 Å². The second-order valence-corrected chi connectivity index (χ2v) is 2.68. The average molecular weight is 193 g/mol.